The van der Waals surface area contributed by atoms with E-state index in [-0.39, 0.29) is 11.8 Å². The number of amides is 2. The van der Waals surface area contributed by atoms with Gasteiger partial charge < -0.3 is 10.6 Å². The van der Waals surface area contributed by atoms with Crippen LogP contribution in [0.4, 0.5) is 16.2 Å². The van der Waals surface area contributed by atoms with Crippen molar-refractivity contribution in [2.75, 3.05) is 10.6 Å². The van der Waals surface area contributed by atoms with E-state index in [0.29, 0.717) is 12.1 Å². The number of nitrogens with one attached hydrogen (secondary N) is 2. The molecule has 0 atom stereocenters. The Morgan fingerprint density at radius 1 is 0.952 bits per heavy atom. The van der Waals surface area contributed by atoms with Crippen LogP contribution in [0, 0.1) is 6.92 Å². The summed E-state index contributed by atoms with van der Waals surface area (Å²) in [6.07, 6.45) is 0.412. The Balaban J connectivity index is 1.96. The van der Waals surface area contributed by atoms with Crippen molar-refractivity contribution >= 4 is 23.2 Å². The number of urea groups is 1. The first kappa shape index (κ1) is 14.8. The Hall–Kier alpha value is -2.62. The van der Waals surface area contributed by atoms with Crippen LogP contribution in [0.3, 0.4) is 0 Å². The Kier molecular flexibility index (Phi) is 4.72. The van der Waals surface area contributed by atoms with E-state index in [0.717, 1.165) is 16.8 Å². The van der Waals surface area contributed by atoms with Gasteiger partial charge in [-0.15, -0.1) is 0 Å². The van der Waals surface area contributed by atoms with E-state index in [1.807, 2.05) is 43.3 Å². The second-order valence-electron chi connectivity index (χ2n) is 4.97. The molecule has 0 fully saturated rings. The third kappa shape index (κ3) is 4.45. The molecule has 0 saturated carbocycles. The van der Waals surface area contributed by atoms with Crippen LogP contribution < -0.4 is 10.6 Å². The number of benzene rings is 2. The molecule has 21 heavy (non-hydrogen) atoms. The Morgan fingerprint density at radius 2 is 1.62 bits per heavy atom. The van der Waals surface area contributed by atoms with Gasteiger partial charge in [0.15, 0.2) is 0 Å². The molecular weight excluding hydrogens is 264 g/mol. The third-order valence-electron chi connectivity index (χ3n) is 3.06. The second kappa shape index (κ2) is 6.70. The lowest BCUT2D eigenvalue weighted by Crippen LogP contribution is -2.19. The molecule has 4 nitrogen and oxygen atoms in total. The van der Waals surface area contributed by atoms with E-state index < -0.39 is 0 Å². The zero-order valence-corrected chi connectivity index (χ0v) is 12.1. The molecule has 4 heteroatoms. The zero-order chi connectivity index (χ0) is 15.2. The number of carbonyl (C=O) groups excluding carboxylic acids is 2. The molecular formula is C17H18N2O2. The number of rotatable bonds is 4. The number of anilines is 2. The number of hydrogen-bond acceptors (Lipinski definition) is 2. The second-order valence-corrected chi connectivity index (χ2v) is 4.97. The molecule has 0 unspecified atom stereocenters. The van der Waals surface area contributed by atoms with Gasteiger partial charge in [0.05, 0.1) is 0 Å². The number of aryl methyl sites for hydroxylation is 1. The Bertz CT molecular complexity index is 648. The van der Waals surface area contributed by atoms with Crippen LogP contribution in [0.2, 0.25) is 0 Å². The van der Waals surface area contributed by atoms with Crippen molar-refractivity contribution in [2.24, 2.45) is 0 Å². The SMILES string of the molecule is CC(=O)Cc1ccc(NC(=O)Nc2ccccc2C)cc1. The highest BCUT2D eigenvalue weighted by molar-refractivity contribution is 6.00. The minimum atomic E-state index is -0.288. The molecule has 0 heterocycles. The first-order valence-corrected chi connectivity index (χ1v) is 6.76. The van der Waals surface area contributed by atoms with Crippen LogP contribution in [0.15, 0.2) is 48.5 Å². The van der Waals surface area contributed by atoms with Crippen molar-refractivity contribution in [1.29, 1.82) is 0 Å². The predicted molar refractivity (Wildman–Crippen MR) is 84.6 cm³/mol. The predicted octanol–water partition coefficient (Wildman–Crippen LogP) is 3.77. The van der Waals surface area contributed by atoms with Crippen molar-refractivity contribution in [2.45, 2.75) is 20.3 Å². The molecule has 2 aromatic carbocycles. The molecule has 0 aliphatic rings. The fourth-order valence-electron chi connectivity index (χ4n) is 1.99. The smallest absolute Gasteiger partial charge is 0.308 e. The lowest BCUT2D eigenvalue weighted by Gasteiger charge is -2.10. The van der Waals surface area contributed by atoms with Gasteiger partial charge in [-0.05, 0) is 43.2 Å². The maximum Gasteiger partial charge on any atom is 0.323 e. The van der Waals surface area contributed by atoms with Crippen molar-refractivity contribution < 1.29 is 9.59 Å². The summed E-state index contributed by atoms with van der Waals surface area (Å²) < 4.78 is 0. The summed E-state index contributed by atoms with van der Waals surface area (Å²) in [5.74, 6) is 0.119. The van der Waals surface area contributed by atoms with Crippen molar-refractivity contribution in [3.63, 3.8) is 0 Å². The molecule has 0 saturated heterocycles. The number of ketones is 1. The molecule has 2 aromatic rings. The van der Waals surface area contributed by atoms with Gasteiger partial charge in [0.1, 0.15) is 5.78 Å². The topological polar surface area (TPSA) is 58.2 Å². The molecule has 2 amide bonds. The minimum Gasteiger partial charge on any atom is -0.308 e. The summed E-state index contributed by atoms with van der Waals surface area (Å²) in [6, 6.07) is 14.5. The van der Waals surface area contributed by atoms with E-state index in [4.69, 9.17) is 0 Å². The average molecular weight is 282 g/mol. The van der Waals surface area contributed by atoms with E-state index in [1.165, 1.54) is 0 Å². The van der Waals surface area contributed by atoms with Crippen molar-refractivity contribution in [1.82, 2.24) is 0 Å². The Labute approximate surface area is 124 Å². The van der Waals surface area contributed by atoms with E-state index >= 15 is 0 Å². The zero-order valence-electron chi connectivity index (χ0n) is 12.1. The van der Waals surface area contributed by atoms with Crippen molar-refractivity contribution in [3.05, 3.63) is 59.7 Å². The highest BCUT2D eigenvalue weighted by Gasteiger charge is 2.04. The molecule has 0 aliphatic heterocycles. The fourth-order valence-corrected chi connectivity index (χ4v) is 1.99. The van der Waals surface area contributed by atoms with Gasteiger partial charge in [0.25, 0.3) is 0 Å². The van der Waals surface area contributed by atoms with Crippen LogP contribution >= 0.6 is 0 Å². The molecule has 0 bridgehead atoms. The number of Topliss-reactive ketones (excluding diaryl/α,β-unsaturated/α-hetero) is 1. The lowest BCUT2D eigenvalue weighted by atomic mass is 10.1. The fraction of sp³-hybridized carbons (Fsp3) is 0.176. The molecule has 108 valence electrons. The normalized spacial score (nSPS) is 10.0. The summed E-state index contributed by atoms with van der Waals surface area (Å²) >= 11 is 0. The van der Waals surface area contributed by atoms with Crippen LogP contribution in [-0.4, -0.2) is 11.8 Å². The largest absolute Gasteiger partial charge is 0.323 e. The quantitative estimate of drug-likeness (QED) is 0.896. The van der Waals surface area contributed by atoms with E-state index in [9.17, 15) is 9.59 Å². The summed E-state index contributed by atoms with van der Waals surface area (Å²) in [5, 5.41) is 5.56. The van der Waals surface area contributed by atoms with E-state index in [1.54, 1.807) is 19.1 Å². The summed E-state index contributed by atoms with van der Waals surface area (Å²) in [6.45, 7) is 3.49. The number of hydrogen-bond donors (Lipinski definition) is 2. The summed E-state index contributed by atoms with van der Waals surface area (Å²) in [5.41, 5.74) is 3.41. The molecule has 2 N–H and O–H groups in total. The van der Waals surface area contributed by atoms with Crippen LogP contribution in [0.25, 0.3) is 0 Å². The maximum absolute atomic E-state index is 11.9. The van der Waals surface area contributed by atoms with Gasteiger partial charge in [-0.2, -0.15) is 0 Å². The molecule has 0 aromatic heterocycles. The van der Waals surface area contributed by atoms with Gasteiger partial charge in [-0.1, -0.05) is 30.3 Å². The molecule has 0 aliphatic carbocycles. The molecule has 0 spiro atoms. The van der Waals surface area contributed by atoms with Crippen LogP contribution in [0.5, 0.6) is 0 Å². The van der Waals surface area contributed by atoms with Crippen LogP contribution in [-0.2, 0) is 11.2 Å². The Morgan fingerprint density at radius 3 is 2.24 bits per heavy atom. The lowest BCUT2D eigenvalue weighted by molar-refractivity contribution is -0.116. The summed E-state index contributed by atoms with van der Waals surface area (Å²) in [7, 11) is 0. The highest BCUT2D eigenvalue weighted by Crippen LogP contribution is 2.15. The first-order chi connectivity index (χ1) is 10.0. The minimum absolute atomic E-state index is 0.119. The van der Waals surface area contributed by atoms with Gasteiger partial charge in [-0.3, -0.25) is 4.79 Å². The highest BCUT2D eigenvalue weighted by atomic mass is 16.2. The third-order valence-corrected chi connectivity index (χ3v) is 3.06. The van der Waals surface area contributed by atoms with Gasteiger partial charge in [-0.25, -0.2) is 4.79 Å². The monoisotopic (exact) mass is 282 g/mol. The van der Waals surface area contributed by atoms with Crippen LogP contribution in [0.1, 0.15) is 18.1 Å². The average Bonchev–Trinajstić information content (AvgIpc) is 2.43. The number of carbonyl (C=O) groups is 2. The molecule has 2 rings (SSSR count). The van der Waals surface area contributed by atoms with Gasteiger partial charge in [0.2, 0.25) is 0 Å². The van der Waals surface area contributed by atoms with Gasteiger partial charge >= 0.3 is 6.03 Å². The maximum atomic E-state index is 11.9. The van der Waals surface area contributed by atoms with Crippen molar-refractivity contribution in [3.8, 4) is 0 Å². The number of para-hydroxylation sites is 1. The first-order valence-electron chi connectivity index (χ1n) is 6.76. The molecule has 0 radical (unpaired) electrons. The van der Waals surface area contributed by atoms with E-state index in [2.05, 4.69) is 10.6 Å². The standard InChI is InChI=1S/C17H18N2O2/c1-12-5-3-4-6-16(12)19-17(21)18-15-9-7-14(8-10-15)11-13(2)20/h3-10H,11H2,1-2H3,(H2,18,19,21). The van der Waals surface area contributed by atoms with Gasteiger partial charge in [0, 0.05) is 17.8 Å². The summed E-state index contributed by atoms with van der Waals surface area (Å²) in [4.78, 5) is 23.0.